The number of halogens is 1. The molecule has 0 aliphatic heterocycles. The fourth-order valence-corrected chi connectivity index (χ4v) is 1.46. The summed E-state index contributed by atoms with van der Waals surface area (Å²) >= 11 is 0. The van der Waals surface area contributed by atoms with Crippen molar-refractivity contribution in [1.82, 2.24) is 4.98 Å². The number of benzene rings is 1. The van der Waals surface area contributed by atoms with Crippen LogP contribution in [0.1, 0.15) is 11.1 Å². The van der Waals surface area contributed by atoms with Crippen LogP contribution >= 0.6 is 0 Å². The number of hydrogen-bond acceptors (Lipinski definition) is 1. The summed E-state index contributed by atoms with van der Waals surface area (Å²) in [6.07, 6.45) is 3.30. The van der Waals surface area contributed by atoms with Gasteiger partial charge in [0.05, 0.1) is 5.56 Å². The minimum atomic E-state index is -0.252. The zero-order valence-corrected chi connectivity index (χ0v) is 8.21. The minimum absolute atomic E-state index is 0.252. The molecular weight excluding hydrogens is 191 g/mol. The average molecular weight is 200 g/mol. The Hall–Kier alpha value is -2.08. The molecule has 1 aromatic heterocycles. The molecule has 0 bridgehead atoms. The van der Waals surface area contributed by atoms with Gasteiger partial charge in [0.15, 0.2) is 0 Å². The van der Waals surface area contributed by atoms with Gasteiger partial charge in [-0.3, -0.25) is 0 Å². The summed E-state index contributed by atoms with van der Waals surface area (Å²) in [7, 11) is 0. The van der Waals surface area contributed by atoms with E-state index in [0.717, 1.165) is 11.1 Å². The molecule has 1 heterocycles. The van der Waals surface area contributed by atoms with Gasteiger partial charge in [-0.15, -0.1) is 0 Å². The lowest BCUT2D eigenvalue weighted by Crippen LogP contribution is -1.84. The quantitative estimate of drug-likeness (QED) is 0.755. The van der Waals surface area contributed by atoms with Crippen LogP contribution < -0.4 is 0 Å². The SMILES string of the molecule is Cc1ccc(-c2c[nH]cc2C#N)cc1F. The lowest BCUT2D eigenvalue weighted by atomic mass is 10.0. The van der Waals surface area contributed by atoms with Gasteiger partial charge in [0.1, 0.15) is 11.9 Å². The van der Waals surface area contributed by atoms with Gasteiger partial charge in [0, 0.05) is 18.0 Å². The highest BCUT2D eigenvalue weighted by atomic mass is 19.1. The fraction of sp³-hybridized carbons (Fsp3) is 0.0833. The van der Waals surface area contributed by atoms with Crippen LogP contribution in [-0.4, -0.2) is 4.98 Å². The van der Waals surface area contributed by atoms with Crippen LogP contribution in [0.3, 0.4) is 0 Å². The van der Waals surface area contributed by atoms with Gasteiger partial charge in [0.2, 0.25) is 0 Å². The first-order valence-corrected chi connectivity index (χ1v) is 4.56. The van der Waals surface area contributed by atoms with Gasteiger partial charge in [-0.2, -0.15) is 5.26 Å². The van der Waals surface area contributed by atoms with E-state index in [-0.39, 0.29) is 5.82 Å². The number of aromatic amines is 1. The second-order valence-electron chi connectivity index (χ2n) is 3.36. The molecule has 0 unspecified atom stereocenters. The molecule has 74 valence electrons. The first-order chi connectivity index (χ1) is 7.22. The summed E-state index contributed by atoms with van der Waals surface area (Å²) in [5.74, 6) is -0.252. The lowest BCUT2D eigenvalue weighted by Gasteiger charge is -2.01. The Balaban J connectivity index is 2.56. The molecule has 0 radical (unpaired) electrons. The van der Waals surface area contributed by atoms with E-state index in [9.17, 15) is 4.39 Å². The van der Waals surface area contributed by atoms with E-state index in [0.29, 0.717) is 11.1 Å². The predicted octanol–water partition coefficient (Wildman–Crippen LogP) is 3.00. The Kier molecular flexibility index (Phi) is 2.26. The van der Waals surface area contributed by atoms with E-state index in [2.05, 4.69) is 11.1 Å². The van der Waals surface area contributed by atoms with E-state index in [1.165, 1.54) is 6.07 Å². The summed E-state index contributed by atoms with van der Waals surface area (Å²) in [6, 6.07) is 7.01. The van der Waals surface area contributed by atoms with Gasteiger partial charge in [0.25, 0.3) is 0 Å². The van der Waals surface area contributed by atoms with E-state index < -0.39 is 0 Å². The van der Waals surface area contributed by atoms with Crippen molar-refractivity contribution >= 4 is 0 Å². The Labute approximate surface area is 87.0 Å². The highest BCUT2D eigenvalue weighted by Gasteiger charge is 2.07. The van der Waals surface area contributed by atoms with Gasteiger partial charge in [-0.05, 0) is 24.1 Å². The Morgan fingerprint density at radius 2 is 2.13 bits per heavy atom. The number of nitrogens with one attached hydrogen (secondary N) is 1. The molecule has 0 spiro atoms. The third-order valence-electron chi connectivity index (χ3n) is 2.35. The average Bonchev–Trinajstić information content (AvgIpc) is 2.70. The third kappa shape index (κ3) is 1.62. The molecule has 3 heteroatoms. The van der Waals surface area contributed by atoms with Gasteiger partial charge in [-0.25, -0.2) is 4.39 Å². The molecule has 2 aromatic rings. The van der Waals surface area contributed by atoms with Crippen molar-refractivity contribution in [3.63, 3.8) is 0 Å². The molecule has 0 fully saturated rings. The first-order valence-electron chi connectivity index (χ1n) is 4.56. The number of aryl methyl sites for hydroxylation is 1. The van der Waals surface area contributed by atoms with Gasteiger partial charge >= 0.3 is 0 Å². The van der Waals surface area contributed by atoms with Crippen molar-refractivity contribution in [1.29, 1.82) is 5.26 Å². The van der Waals surface area contributed by atoms with Crippen LogP contribution in [0.5, 0.6) is 0 Å². The Bertz CT molecular complexity index is 535. The minimum Gasteiger partial charge on any atom is -0.366 e. The summed E-state index contributed by atoms with van der Waals surface area (Å²) in [6.45, 7) is 1.71. The monoisotopic (exact) mass is 200 g/mol. The number of H-pyrrole nitrogens is 1. The summed E-state index contributed by atoms with van der Waals surface area (Å²) in [4.78, 5) is 2.84. The molecule has 2 rings (SSSR count). The second kappa shape index (κ2) is 3.58. The van der Waals surface area contributed by atoms with E-state index in [1.54, 1.807) is 25.4 Å². The third-order valence-corrected chi connectivity index (χ3v) is 2.35. The molecule has 1 aromatic carbocycles. The molecule has 0 saturated carbocycles. The van der Waals surface area contributed by atoms with E-state index in [4.69, 9.17) is 5.26 Å². The maximum atomic E-state index is 13.3. The largest absolute Gasteiger partial charge is 0.366 e. The van der Waals surface area contributed by atoms with Crippen LogP contribution in [-0.2, 0) is 0 Å². The van der Waals surface area contributed by atoms with Crippen LogP contribution in [0.2, 0.25) is 0 Å². The van der Waals surface area contributed by atoms with Crippen molar-refractivity contribution < 1.29 is 4.39 Å². The normalized spacial score (nSPS) is 9.93. The number of aromatic nitrogens is 1. The van der Waals surface area contributed by atoms with Crippen LogP contribution in [0, 0.1) is 24.1 Å². The van der Waals surface area contributed by atoms with Crippen LogP contribution in [0.15, 0.2) is 30.6 Å². The molecule has 0 saturated heterocycles. The molecular formula is C12H9FN2. The van der Waals surface area contributed by atoms with Crippen molar-refractivity contribution in [3.8, 4) is 17.2 Å². The predicted molar refractivity (Wildman–Crippen MR) is 55.6 cm³/mol. The van der Waals surface area contributed by atoms with Crippen molar-refractivity contribution in [2.24, 2.45) is 0 Å². The van der Waals surface area contributed by atoms with Crippen molar-refractivity contribution in [2.45, 2.75) is 6.92 Å². The Morgan fingerprint density at radius 1 is 1.33 bits per heavy atom. The van der Waals surface area contributed by atoms with Crippen molar-refractivity contribution in [2.75, 3.05) is 0 Å². The second-order valence-corrected chi connectivity index (χ2v) is 3.36. The molecule has 2 nitrogen and oxygen atoms in total. The molecule has 0 amide bonds. The molecule has 1 N–H and O–H groups in total. The maximum absolute atomic E-state index is 13.3. The standard InChI is InChI=1S/C12H9FN2/c1-8-2-3-9(4-12(8)13)11-7-15-6-10(11)5-14/h2-4,6-7,15H,1H3. The smallest absolute Gasteiger partial charge is 0.126 e. The van der Waals surface area contributed by atoms with Crippen LogP contribution in [0.4, 0.5) is 4.39 Å². The van der Waals surface area contributed by atoms with Gasteiger partial charge in [-0.1, -0.05) is 12.1 Å². The molecule has 0 atom stereocenters. The van der Waals surface area contributed by atoms with Gasteiger partial charge < -0.3 is 4.98 Å². The van der Waals surface area contributed by atoms with Crippen LogP contribution in [0.25, 0.3) is 11.1 Å². The number of hydrogen-bond donors (Lipinski definition) is 1. The Morgan fingerprint density at radius 3 is 2.80 bits per heavy atom. The molecule has 0 aliphatic rings. The van der Waals surface area contributed by atoms with E-state index in [1.807, 2.05) is 6.07 Å². The summed E-state index contributed by atoms with van der Waals surface area (Å²) in [5.41, 5.74) is 2.58. The fourth-order valence-electron chi connectivity index (χ4n) is 1.46. The maximum Gasteiger partial charge on any atom is 0.126 e. The summed E-state index contributed by atoms with van der Waals surface area (Å²) in [5, 5.41) is 8.83. The number of nitriles is 1. The highest BCUT2D eigenvalue weighted by molar-refractivity contribution is 5.70. The molecule has 15 heavy (non-hydrogen) atoms. The highest BCUT2D eigenvalue weighted by Crippen LogP contribution is 2.24. The van der Waals surface area contributed by atoms with Crippen molar-refractivity contribution in [3.05, 3.63) is 47.5 Å². The number of rotatable bonds is 1. The number of nitrogens with zero attached hydrogens (tertiary/aromatic N) is 1. The molecule has 0 aliphatic carbocycles. The zero-order chi connectivity index (χ0) is 10.8. The first kappa shape index (κ1) is 9.47. The van der Waals surface area contributed by atoms with E-state index >= 15 is 0 Å². The lowest BCUT2D eigenvalue weighted by molar-refractivity contribution is 0.619. The summed E-state index contributed by atoms with van der Waals surface area (Å²) < 4.78 is 13.3. The topological polar surface area (TPSA) is 39.6 Å². The zero-order valence-electron chi connectivity index (χ0n) is 8.21.